The molecule has 0 saturated carbocycles. The van der Waals surface area contributed by atoms with Crippen molar-refractivity contribution in [3.05, 3.63) is 64.4 Å². The lowest BCUT2D eigenvalue weighted by Gasteiger charge is -2.22. The summed E-state index contributed by atoms with van der Waals surface area (Å²) < 4.78 is 7.19. The van der Waals surface area contributed by atoms with E-state index in [2.05, 4.69) is 36.6 Å². The molecule has 0 fully saturated rings. The molecule has 0 unspecified atom stereocenters. The summed E-state index contributed by atoms with van der Waals surface area (Å²) in [5.41, 5.74) is 6.64. The monoisotopic (exact) mass is 394 g/mol. The number of para-hydroxylation sites is 2. The number of carbonyl (C=O) groups excluding carboxylic acids is 1. The number of nitrogens with zero attached hydrogens (tertiary/aromatic N) is 2. The van der Waals surface area contributed by atoms with Gasteiger partial charge in [-0.2, -0.15) is 0 Å². The van der Waals surface area contributed by atoms with Gasteiger partial charge in [0.25, 0.3) is 11.5 Å². The zero-order chi connectivity index (χ0) is 21.0. The summed E-state index contributed by atoms with van der Waals surface area (Å²) in [4.78, 5) is 29.3. The van der Waals surface area contributed by atoms with Crippen LogP contribution in [0.4, 0.5) is 5.95 Å². The molecule has 7 heteroatoms. The van der Waals surface area contributed by atoms with Gasteiger partial charge in [0.1, 0.15) is 5.75 Å². The highest BCUT2D eigenvalue weighted by atomic mass is 16.5. The molecule has 0 atom stereocenters. The lowest BCUT2D eigenvalue weighted by Crippen LogP contribution is -2.37. The van der Waals surface area contributed by atoms with E-state index >= 15 is 0 Å². The number of rotatable bonds is 6. The first-order valence-electron chi connectivity index (χ1n) is 9.58. The Labute approximate surface area is 169 Å². The van der Waals surface area contributed by atoms with Gasteiger partial charge in [-0.05, 0) is 36.1 Å². The van der Waals surface area contributed by atoms with E-state index in [1.54, 1.807) is 18.2 Å². The molecule has 0 radical (unpaired) electrons. The maximum atomic E-state index is 12.6. The van der Waals surface area contributed by atoms with Crippen LogP contribution in [0.5, 0.6) is 5.75 Å². The lowest BCUT2D eigenvalue weighted by molar-refractivity contribution is -0.122. The summed E-state index contributed by atoms with van der Waals surface area (Å²) in [5.74, 6) is 0.572. The first-order valence-corrected chi connectivity index (χ1v) is 9.58. The standard InChI is InChI=1S/C22H26N4O3/c1-5-26-20(28)15-10-6-8-12-17(15)23-21(26)25-24-19(27)14-29-18-13-9-7-11-16(18)22(2,3)4/h6-13H,5,14H2,1-4H3,(H,23,25)(H,24,27). The average Bonchev–Trinajstić information content (AvgIpc) is 2.70. The number of ether oxygens (including phenoxy) is 1. The van der Waals surface area contributed by atoms with Crippen molar-refractivity contribution in [1.82, 2.24) is 15.0 Å². The Kier molecular flexibility index (Phi) is 5.87. The molecule has 0 aliphatic heterocycles. The third kappa shape index (κ3) is 4.56. The van der Waals surface area contributed by atoms with Crippen LogP contribution >= 0.6 is 0 Å². The zero-order valence-electron chi connectivity index (χ0n) is 17.2. The molecule has 7 nitrogen and oxygen atoms in total. The molecule has 2 N–H and O–H groups in total. The van der Waals surface area contributed by atoms with E-state index in [1.165, 1.54) is 4.57 Å². The molecule has 0 aliphatic rings. The van der Waals surface area contributed by atoms with Crippen LogP contribution in [0.25, 0.3) is 10.9 Å². The molecule has 0 aliphatic carbocycles. The number of aromatic nitrogens is 2. The summed E-state index contributed by atoms with van der Waals surface area (Å²) in [6.07, 6.45) is 0. The summed E-state index contributed by atoms with van der Waals surface area (Å²) in [6.45, 7) is 8.37. The van der Waals surface area contributed by atoms with E-state index in [-0.39, 0.29) is 29.4 Å². The molecule has 1 heterocycles. The van der Waals surface area contributed by atoms with Gasteiger partial charge in [0, 0.05) is 6.54 Å². The van der Waals surface area contributed by atoms with Gasteiger partial charge in [-0.25, -0.2) is 4.98 Å². The highest BCUT2D eigenvalue weighted by Crippen LogP contribution is 2.30. The van der Waals surface area contributed by atoms with Gasteiger partial charge in [0.15, 0.2) is 6.61 Å². The molecular weight excluding hydrogens is 368 g/mol. The van der Waals surface area contributed by atoms with Crippen molar-refractivity contribution in [1.29, 1.82) is 0 Å². The Morgan fingerprint density at radius 2 is 1.79 bits per heavy atom. The molecule has 0 saturated heterocycles. The largest absolute Gasteiger partial charge is 0.483 e. The van der Waals surface area contributed by atoms with Gasteiger partial charge < -0.3 is 4.74 Å². The number of benzene rings is 2. The summed E-state index contributed by atoms with van der Waals surface area (Å²) in [5, 5.41) is 0.536. The molecule has 0 bridgehead atoms. The maximum absolute atomic E-state index is 12.6. The number of nitrogens with one attached hydrogen (secondary N) is 2. The number of amides is 1. The molecule has 3 aromatic rings. The Balaban J connectivity index is 1.70. The summed E-state index contributed by atoms with van der Waals surface area (Å²) in [7, 11) is 0. The minimum atomic E-state index is -0.376. The van der Waals surface area contributed by atoms with Crippen molar-refractivity contribution >= 4 is 22.8 Å². The van der Waals surface area contributed by atoms with E-state index in [9.17, 15) is 9.59 Å². The molecule has 1 amide bonds. The first kappa shape index (κ1) is 20.4. The van der Waals surface area contributed by atoms with Crippen molar-refractivity contribution in [3.63, 3.8) is 0 Å². The van der Waals surface area contributed by atoms with Crippen molar-refractivity contribution in [3.8, 4) is 5.75 Å². The summed E-state index contributed by atoms with van der Waals surface area (Å²) in [6, 6.07) is 14.8. The molecule has 1 aromatic heterocycles. The van der Waals surface area contributed by atoms with Crippen LogP contribution in [0.2, 0.25) is 0 Å². The molecule has 2 aromatic carbocycles. The molecular formula is C22H26N4O3. The second-order valence-corrected chi connectivity index (χ2v) is 7.71. The fourth-order valence-corrected chi connectivity index (χ4v) is 3.07. The highest BCUT2D eigenvalue weighted by Gasteiger charge is 2.19. The van der Waals surface area contributed by atoms with Gasteiger partial charge in [-0.1, -0.05) is 51.1 Å². The number of hydrogen-bond acceptors (Lipinski definition) is 5. The van der Waals surface area contributed by atoms with Gasteiger partial charge in [-0.3, -0.25) is 25.0 Å². The third-order valence-electron chi connectivity index (χ3n) is 4.55. The Morgan fingerprint density at radius 3 is 2.52 bits per heavy atom. The fraction of sp³-hybridized carbons (Fsp3) is 0.318. The predicted molar refractivity (Wildman–Crippen MR) is 114 cm³/mol. The van der Waals surface area contributed by atoms with Crippen molar-refractivity contribution in [2.75, 3.05) is 12.0 Å². The Hall–Kier alpha value is -3.35. The van der Waals surface area contributed by atoms with E-state index < -0.39 is 0 Å². The average molecular weight is 394 g/mol. The zero-order valence-corrected chi connectivity index (χ0v) is 17.2. The fourth-order valence-electron chi connectivity index (χ4n) is 3.07. The maximum Gasteiger partial charge on any atom is 0.276 e. The Bertz CT molecular complexity index is 1080. The quantitative estimate of drug-likeness (QED) is 0.627. The van der Waals surface area contributed by atoms with Crippen LogP contribution in [0, 0.1) is 0 Å². The van der Waals surface area contributed by atoms with E-state index in [1.807, 2.05) is 37.3 Å². The van der Waals surface area contributed by atoms with E-state index in [0.717, 1.165) is 5.56 Å². The van der Waals surface area contributed by atoms with Crippen molar-refractivity contribution in [2.24, 2.45) is 0 Å². The van der Waals surface area contributed by atoms with E-state index in [4.69, 9.17) is 4.74 Å². The topological polar surface area (TPSA) is 85.2 Å². The summed E-state index contributed by atoms with van der Waals surface area (Å²) >= 11 is 0. The van der Waals surface area contributed by atoms with Gasteiger partial charge >= 0.3 is 0 Å². The van der Waals surface area contributed by atoms with Crippen molar-refractivity contribution < 1.29 is 9.53 Å². The van der Waals surface area contributed by atoms with E-state index in [0.29, 0.717) is 23.2 Å². The number of hydrazine groups is 1. The predicted octanol–water partition coefficient (Wildman–Crippen LogP) is 3.24. The van der Waals surface area contributed by atoms with Gasteiger partial charge in [-0.15, -0.1) is 0 Å². The second kappa shape index (κ2) is 8.34. The smallest absolute Gasteiger partial charge is 0.276 e. The lowest BCUT2D eigenvalue weighted by atomic mass is 9.86. The number of hydrogen-bond donors (Lipinski definition) is 2. The van der Waals surface area contributed by atoms with Crippen molar-refractivity contribution in [2.45, 2.75) is 39.7 Å². The molecule has 3 rings (SSSR count). The van der Waals surface area contributed by atoms with Gasteiger partial charge in [0.2, 0.25) is 5.95 Å². The molecule has 0 spiro atoms. The number of anilines is 1. The van der Waals surface area contributed by atoms with Crippen LogP contribution < -0.4 is 21.1 Å². The normalized spacial score (nSPS) is 11.3. The molecule has 152 valence electrons. The van der Waals surface area contributed by atoms with Crippen LogP contribution in [0.15, 0.2) is 53.3 Å². The SMILES string of the molecule is CCn1c(NNC(=O)COc2ccccc2C(C)(C)C)nc2ccccc2c1=O. The van der Waals surface area contributed by atoms with Crippen LogP contribution in [0.3, 0.4) is 0 Å². The van der Waals surface area contributed by atoms with Gasteiger partial charge in [0.05, 0.1) is 10.9 Å². The second-order valence-electron chi connectivity index (χ2n) is 7.71. The highest BCUT2D eigenvalue weighted by molar-refractivity contribution is 5.80. The third-order valence-corrected chi connectivity index (χ3v) is 4.55. The van der Waals surface area contributed by atoms with Crippen LogP contribution in [0.1, 0.15) is 33.3 Å². The van der Waals surface area contributed by atoms with Crippen LogP contribution in [-0.4, -0.2) is 22.1 Å². The molecule has 29 heavy (non-hydrogen) atoms. The number of carbonyl (C=O) groups is 1. The number of fused-ring (bicyclic) bond motifs is 1. The first-order chi connectivity index (χ1) is 13.8. The minimum absolute atomic E-state index is 0.0997. The minimum Gasteiger partial charge on any atom is -0.483 e. The van der Waals surface area contributed by atoms with Crippen LogP contribution in [-0.2, 0) is 16.8 Å². The Morgan fingerprint density at radius 1 is 1.10 bits per heavy atom.